The van der Waals surface area contributed by atoms with Gasteiger partial charge in [0.2, 0.25) is 11.7 Å². The maximum atomic E-state index is 14.2. The molecule has 1 aliphatic rings. The fourth-order valence-corrected chi connectivity index (χ4v) is 3.69. The Balaban J connectivity index is 1.68. The fraction of sp³-hybridized carbons (Fsp3) is 0.333. The third kappa shape index (κ3) is 3.51. The van der Waals surface area contributed by atoms with Gasteiger partial charge in [-0.05, 0) is 13.3 Å². The van der Waals surface area contributed by atoms with Crippen molar-refractivity contribution >= 4 is 5.91 Å². The van der Waals surface area contributed by atoms with Gasteiger partial charge in [0.15, 0.2) is 10.8 Å². The van der Waals surface area contributed by atoms with Gasteiger partial charge in [-0.25, -0.2) is 0 Å². The van der Waals surface area contributed by atoms with Crippen molar-refractivity contribution in [3.05, 3.63) is 70.0 Å². The molecule has 4 rings (SSSR count). The zero-order chi connectivity index (χ0) is 22.4. The number of alkyl halides is 3. The Bertz CT molecular complexity index is 1190. The summed E-state index contributed by atoms with van der Waals surface area (Å²) in [5, 5.41) is 3.71. The van der Waals surface area contributed by atoms with Gasteiger partial charge in [0.25, 0.3) is 5.91 Å². The van der Waals surface area contributed by atoms with Crippen molar-refractivity contribution in [3.63, 3.8) is 0 Å². The van der Waals surface area contributed by atoms with Gasteiger partial charge >= 0.3 is 6.18 Å². The molecule has 7 nitrogen and oxygen atoms in total. The summed E-state index contributed by atoms with van der Waals surface area (Å²) in [6.07, 6.45) is -3.83. The number of halogens is 3. The molecule has 31 heavy (non-hydrogen) atoms. The first kappa shape index (κ1) is 20.8. The molecule has 1 saturated heterocycles. The Morgan fingerprint density at radius 2 is 1.94 bits per heavy atom. The van der Waals surface area contributed by atoms with Gasteiger partial charge in [0, 0.05) is 43.7 Å². The second-order valence-electron chi connectivity index (χ2n) is 7.65. The number of hydrogen-bond donors (Lipinski definition) is 0. The molecule has 0 N–H and O–H groups in total. The predicted octanol–water partition coefficient (Wildman–Crippen LogP) is 3.09. The van der Waals surface area contributed by atoms with Crippen LogP contribution in [0.4, 0.5) is 13.2 Å². The lowest BCUT2D eigenvalue weighted by atomic mass is 9.86. The van der Waals surface area contributed by atoms with Gasteiger partial charge in [-0.15, -0.1) is 0 Å². The maximum Gasteiger partial charge on any atom is 0.405 e. The topological polar surface area (TPSA) is 81.2 Å². The average molecular weight is 432 g/mol. The van der Waals surface area contributed by atoms with Crippen LogP contribution in [-0.4, -0.2) is 44.8 Å². The first-order chi connectivity index (χ1) is 14.6. The van der Waals surface area contributed by atoms with E-state index in [9.17, 15) is 22.8 Å². The second kappa shape index (κ2) is 7.36. The van der Waals surface area contributed by atoms with Crippen LogP contribution in [0.5, 0.6) is 0 Å². The molecule has 1 unspecified atom stereocenters. The van der Waals surface area contributed by atoms with Crippen molar-refractivity contribution in [1.82, 2.24) is 19.6 Å². The van der Waals surface area contributed by atoms with E-state index in [1.807, 2.05) is 0 Å². The van der Waals surface area contributed by atoms with E-state index in [1.165, 1.54) is 12.3 Å². The van der Waals surface area contributed by atoms with Crippen molar-refractivity contribution in [2.45, 2.75) is 24.9 Å². The van der Waals surface area contributed by atoms with Gasteiger partial charge in [0.05, 0.1) is 0 Å². The zero-order valence-electron chi connectivity index (χ0n) is 16.8. The number of pyridine rings is 1. The molecule has 0 saturated carbocycles. The Kier molecular flexibility index (Phi) is 4.95. The molecule has 1 amide bonds. The standard InChI is InChI=1S/C21H19F3N4O3/c1-13-10-16(29)15(11-27(13)2)18(30)28-9-8-20(12-28,21(22,23)24)19-25-17(26-31-19)14-6-4-3-5-7-14/h3-7,10-11H,8-9,12H2,1-2H3. The van der Waals surface area contributed by atoms with Gasteiger partial charge in [-0.2, -0.15) is 18.2 Å². The minimum absolute atomic E-state index is 0.0383. The molecule has 1 aromatic carbocycles. The number of rotatable bonds is 3. The number of aromatic nitrogens is 3. The van der Waals surface area contributed by atoms with Gasteiger partial charge in [-0.3, -0.25) is 9.59 Å². The summed E-state index contributed by atoms with van der Waals surface area (Å²) in [7, 11) is 1.65. The van der Waals surface area contributed by atoms with Crippen LogP contribution in [0.15, 0.2) is 51.9 Å². The number of benzene rings is 1. The molecule has 1 atom stereocenters. The lowest BCUT2D eigenvalue weighted by molar-refractivity contribution is -0.193. The third-order valence-electron chi connectivity index (χ3n) is 5.68. The lowest BCUT2D eigenvalue weighted by Crippen LogP contribution is -2.46. The molecule has 2 aromatic heterocycles. The number of carbonyl (C=O) groups is 1. The number of amides is 1. The van der Waals surface area contributed by atoms with Gasteiger partial charge in [0.1, 0.15) is 5.56 Å². The van der Waals surface area contributed by atoms with Crippen LogP contribution >= 0.6 is 0 Å². The quantitative estimate of drug-likeness (QED) is 0.635. The lowest BCUT2D eigenvalue weighted by Gasteiger charge is -2.28. The molecule has 3 heterocycles. The summed E-state index contributed by atoms with van der Waals surface area (Å²) >= 11 is 0. The van der Waals surface area contributed by atoms with Crippen molar-refractivity contribution in [2.24, 2.45) is 7.05 Å². The molecule has 1 aliphatic heterocycles. The van der Waals surface area contributed by atoms with E-state index in [4.69, 9.17) is 4.52 Å². The number of aryl methyl sites for hydroxylation is 2. The molecule has 0 radical (unpaired) electrons. The SMILES string of the molecule is Cc1cc(=O)c(C(=O)N2CCC(c3nc(-c4ccccc4)no3)(C(F)(F)F)C2)cn1C. The highest BCUT2D eigenvalue weighted by molar-refractivity contribution is 5.94. The number of likely N-dealkylation sites (tertiary alicyclic amines) is 1. The van der Waals surface area contributed by atoms with Crippen LogP contribution in [0.2, 0.25) is 0 Å². The second-order valence-corrected chi connectivity index (χ2v) is 7.65. The molecule has 162 valence electrons. The van der Waals surface area contributed by atoms with E-state index in [2.05, 4.69) is 10.1 Å². The summed E-state index contributed by atoms with van der Waals surface area (Å²) < 4.78 is 49.3. The van der Waals surface area contributed by atoms with Crippen molar-refractivity contribution < 1.29 is 22.5 Å². The van der Waals surface area contributed by atoms with Crippen molar-refractivity contribution in [2.75, 3.05) is 13.1 Å². The van der Waals surface area contributed by atoms with Crippen molar-refractivity contribution in [3.8, 4) is 11.4 Å². The first-order valence-corrected chi connectivity index (χ1v) is 9.55. The highest BCUT2D eigenvalue weighted by Gasteiger charge is 2.63. The minimum atomic E-state index is -4.74. The molecule has 0 spiro atoms. The monoisotopic (exact) mass is 432 g/mol. The molecule has 10 heteroatoms. The predicted molar refractivity (Wildman–Crippen MR) is 104 cm³/mol. The summed E-state index contributed by atoms with van der Waals surface area (Å²) in [5.74, 6) is -1.31. The van der Waals surface area contributed by atoms with Crippen LogP contribution in [-0.2, 0) is 12.5 Å². The normalized spacial score (nSPS) is 19.1. The molecule has 1 fully saturated rings. The van der Waals surface area contributed by atoms with Gasteiger partial charge < -0.3 is 14.0 Å². The van der Waals surface area contributed by atoms with E-state index in [0.717, 1.165) is 4.90 Å². The van der Waals surface area contributed by atoms with Crippen LogP contribution in [0, 0.1) is 6.92 Å². The van der Waals surface area contributed by atoms with E-state index >= 15 is 0 Å². The van der Waals surface area contributed by atoms with E-state index in [1.54, 1.807) is 48.9 Å². The summed E-state index contributed by atoms with van der Waals surface area (Å²) in [5.41, 5.74) is -2.06. The van der Waals surface area contributed by atoms with Crippen LogP contribution < -0.4 is 5.43 Å². The highest BCUT2D eigenvalue weighted by Crippen LogP contribution is 2.47. The minimum Gasteiger partial charge on any atom is -0.354 e. The average Bonchev–Trinajstić information content (AvgIpc) is 3.39. The number of nitrogens with zero attached hydrogens (tertiary/aromatic N) is 4. The van der Waals surface area contributed by atoms with Crippen LogP contribution in [0.1, 0.15) is 28.4 Å². The summed E-state index contributed by atoms with van der Waals surface area (Å²) in [6, 6.07) is 9.78. The smallest absolute Gasteiger partial charge is 0.354 e. The highest BCUT2D eigenvalue weighted by atomic mass is 19.4. The summed E-state index contributed by atoms with van der Waals surface area (Å²) in [6.45, 7) is 0.793. The maximum absolute atomic E-state index is 14.2. The van der Waals surface area contributed by atoms with Crippen LogP contribution in [0.3, 0.4) is 0 Å². The van der Waals surface area contributed by atoms with Crippen LogP contribution in [0.25, 0.3) is 11.4 Å². The Morgan fingerprint density at radius 3 is 2.61 bits per heavy atom. The molecule has 0 aliphatic carbocycles. The van der Waals surface area contributed by atoms with Gasteiger partial charge in [-0.1, -0.05) is 35.5 Å². The summed E-state index contributed by atoms with van der Waals surface area (Å²) in [4.78, 5) is 30.2. The molecule has 3 aromatic rings. The molecule has 0 bridgehead atoms. The number of hydrogen-bond acceptors (Lipinski definition) is 5. The zero-order valence-corrected chi connectivity index (χ0v) is 16.8. The molecular weight excluding hydrogens is 413 g/mol. The number of carbonyl (C=O) groups excluding carboxylic acids is 1. The Hall–Kier alpha value is -3.43. The fourth-order valence-electron chi connectivity index (χ4n) is 3.69. The molecular formula is C21H19F3N4O3. The van der Waals surface area contributed by atoms with E-state index in [-0.39, 0.29) is 17.9 Å². The Labute approximate surface area is 175 Å². The van der Waals surface area contributed by atoms with E-state index in [0.29, 0.717) is 11.3 Å². The van der Waals surface area contributed by atoms with Crippen molar-refractivity contribution in [1.29, 1.82) is 0 Å². The third-order valence-corrected chi connectivity index (χ3v) is 5.68. The first-order valence-electron chi connectivity index (χ1n) is 9.55. The largest absolute Gasteiger partial charge is 0.405 e. The Morgan fingerprint density at radius 1 is 1.23 bits per heavy atom. The van der Waals surface area contributed by atoms with E-state index < -0.39 is 41.8 Å².